The second-order valence-corrected chi connectivity index (χ2v) is 10.2. The first-order valence-corrected chi connectivity index (χ1v) is 13.5. The van der Waals surface area contributed by atoms with Crippen molar-refractivity contribution in [2.75, 3.05) is 31.7 Å². The molecule has 0 aliphatic heterocycles. The Balaban J connectivity index is 1.92. The minimum absolute atomic E-state index is 0.0324. The minimum atomic E-state index is -4.15. The van der Waals surface area contributed by atoms with Crippen molar-refractivity contribution in [1.29, 1.82) is 0 Å². The molecule has 0 heterocycles. The molecule has 9 heteroatoms. The van der Waals surface area contributed by atoms with Gasteiger partial charge in [0.1, 0.15) is 12.3 Å². The third-order valence-electron chi connectivity index (χ3n) is 5.93. The Hall–Kier alpha value is -3.72. The molecule has 0 fully saturated rings. The molecule has 0 aromatic heterocycles. The second-order valence-electron chi connectivity index (χ2n) is 8.34. The minimum Gasteiger partial charge on any atom is -0.494 e. The zero-order valence-corrected chi connectivity index (χ0v) is 22.7. The van der Waals surface area contributed by atoms with Gasteiger partial charge in [0.2, 0.25) is 5.91 Å². The monoisotopic (exact) mass is 526 g/mol. The summed E-state index contributed by atoms with van der Waals surface area (Å²) >= 11 is 0. The van der Waals surface area contributed by atoms with Crippen LogP contribution >= 0.6 is 0 Å². The van der Waals surface area contributed by atoms with E-state index in [9.17, 15) is 13.2 Å². The predicted octanol–water partition coefficient (Wildman–Crippen LogP) is 4.74. The summed E-state index contributed by atoms with van der Waals surface area (Å²) < 4.78 is 44.7. The zero-order chi connectivity index (χ0) is 27.0. The third-order valence-corrected chi connectivity index (χ3v) is 7.70. The van der Waals surface area contributed by atoms with Crippen LogP contribution in [0.2, 0.25) is 0 Å². The van der Waals surface area contributed by atoms with Crippen LogP contribution in [0.15, 0.2) is 71.6 Å². The van der Waals surface area contributed by atoms with Gasteiger partial charge in [0.05, 0.1) is 37.5 Å². The van der Waals surface area contributed by atoms with Crippen LogP contribution in [0.1, 0.15) is 37.9 Å². The summed E-state index contributed by atoms with van der Waals surface area (Å²) in [5, 5.41) is 2.92. The number of sulfonamides is 1. The maximum atomic E-state index is 13.8. The highest BCUT2D eigenvalue weighted by molar-refractivity contribution is 7.92. The Bertz CT molecular complexity index is 1290. The van der Waals surface area contributed by atoms with Gasteiger partial charge in [0, 0.05) is 6.07 Å². The molecule has 0 saturated carbocycles. The van der Waals surface area contributed by atoms with Crippen LogP contribution in [0.3, 0.4) is 0 Å². The van der Waals surface area contributed by atoms with E-state index >= 15 is 0 Å². The van der Waals surface area contributed by atoms with E-state index in [0.29, 0.717) is 23.8 Å². The van der Waals surface area contributed by atoms with E-state index in [1.165, 1.54) is 38.0 Å². The van der Waals surface area contributed by atoms with Gasteiger partial charge in [-0.3, -0.25) is 9.10 Å². The SMILES string of the molecule is CCOc1ccc(N(CC(=O)N[C@H](C)c2ccc(CC)cc2)S(=O)(=O)c2ccc(OC)c(OC)c2)cc1. The van der Waals surface area contributed by atoms with Crippen molar-refractivity contribution in [1.82, 2.24) is 5.32 Å². The number of nitrogens with zero attached hydrogens (tertiary/aromatic N) is 1. The molecule has 1 amide bonds. The van der Waals surface area contributed by atoms with Gasteiger partial charge < -0.3 is 19.5 Å². The fourth-order valence-electron chi connectivity index (χ4n) is 3.84. The van der Waals surface area contributed by atoms with Crippen LogP contribution in [0, 0.1) is 0 Å². The lowest BCUT2D eigenvalue weighted by atomic mass is 10.1. The first-order valence-electron chi connectivity index (χ1n) is 12.1. The summed E-state index contributed by atoms with van der Waals surface area (Å²) in [4.78, 5) is 13.1. The number of methoxy groups -OCH3 is 2. The smallest absolute Gasteiger partial charge is 0.264 e. The molecular formula is C28H34N2O6S. The average molecular weight is 527 g/mol. The first kappa shape index (κ1) is 27.9. The number of amides is 1. The van der Waals surface area contributed by atoms with Crippen molar-refractivity contribution in [3.8, 4) is 17.2 Å². The van der Waals surface area contributed by atoms with Crippen molar-refractivity contribution in [2.45, 2.75) is 38.1 Å². The van der Waals surface area contributed by atoms with E-state index in [2.05, 4.69) is 12.2 Å². The number of ether oxygens (including phenoxy) is 3. The molecular weight excluding hydrogens is 492 g/mol. The summed E-state index contributed by atoms with van der Waals surface area (Å²) in [6.45, 7) is 5.87. The normalized spacial score (nSPS) is 11.9. The van der Waals surface area contributed by atoms with Crippen LogP contribution in [0.4, 0.5) is 5.69 Å². The van der Waals surface area contributed by atoms with Crippen LogP contribution in [0.25, 0.3) is 0 Å². The van der Waals surface area contributed by atoms with E-state index in [-0.39, 0.29) is 16.7 Å². The molecule has 3 rings (SSSR count). The van der Waals surface area contributed by atoms with Crippen molar-refractivity contribution in [2.24, 2.45) is 0 Å². The number of hydrogen-bond donors (Lipinski definition) is 1. The standard InChI is InChI=1S/C28H34N2O6S/c1-6-21-8-10-22(11-9-21)20(3)29-28(31)19-30(23-12-14-24(15-13-23)36-7-2)37(32,33)25-16-17-26(34-4)27(18-25)35-5/h8-18,20H,6-7,19H2,1-5H3,(H,29,31)/t20-/m1/s1. The van der Waals surface area contributed by atoms with Gasteiger partial charge in [-0.2, -0.15) is 0 Å². The summed E-state index contributed by atoms with van der Waals surface area (Å²) in [7, 11) is -1.24. The number of carbonyl (C=O) groups excluding carboxylic acids is 1. The molecule has 0 spiro atoms. The largest absolute Gasteiger partial charge is 0.494 e. The molecule has 0 aliphatic rings. The van der Waals surface area contributed by atoms with E-state index in [0.717, 1.165) is 16.3 Å². The van der Waals surface area contributed by atoms with Crippen molar-refractivity contribution in [3.63, 3.8) is 0 Å². The highest BCUT2D eigenvalue weighted by atomic mass is 32.2. The molecule has 1 N–H and O–H groups in total. The lowest BCUT2D eigenvalue weighted by Gasteiger charge is -2.25. The molecule has 3 aromatic carbocycles. The van der Waals surface area contributed by atoms with Crippen molar-refractivity contribution in [3.05, 3.63) is 77.9 Å². The topological polar surface area (TPSA) is 94.2 Å². The molecule has 0 unspecified atom stereocenters. The molecule has 8 nitrogen and oxygen atoms in total. The van der Waals surface area contributed by atoms with Crippen LogP contribution in [0.5, 0.6) is 17.2 Å². The number of nitrogens with one attached hydrogen (secondary N) is 1. The summed E-state index contributed by atoms with van der Waals surface area (Å²) in [5.41, 5.74) is 2.46. The van der Waals surface area contributed by atoms with Gasteiger partial charge in [-0.15, -0.1) is 0 Å². The molecule has 0 saturated heterocycles. The summed E-state index contributed by atoms with van der Waals surface area (Å²) in [6, 6.07) is 18.6. The number of aryl methyl sites for hydroxylation is 1. The molecule has 0 aliphatic carbocycles. The quantitative estimate of drug-likeness (QED) is 0.367. The van der Waals surface area contributed by atoms with Gasteiger partial charge in [0.15, 0.2) is 11.5 Å². The van der Waals surface area contributed by atoms with Gasteiger partial charge >= 0.3 is 0 Å². The van der Waals surface area contributed by atoms with E-state index < -0.39 is 22.5 Å². The summed E-state index contributed by atoms with van der Waals surface area (Å²) in [6.07, 6.45) is 0.923. The number of hydrogen-bond acceptors (Lipinski definition) is 6. The number of carbonyl (C=O) groups is 1. The predicted molar refractivity (Wildman–Crippen MR) is 144 cm³/mol. The first-order chi connectivity index (χ1) is 17.7. The zero-order valence-electron chi connectivity index (χ0n) is 21.9. The number of rotatable bonds is 12. The lowest BCUT2D eigenvalue weighted by Crippen LogP contribution is -2.41. The Morgan fingerprint density at radius 1 is 0.919 bits per heavy atom. The van der Waals surface area contributed by atoms with Crippen molar-refractivity contribution < 1.29 is 27.4 Å². The molecule has 0 radical (unpaired) electrons. The van der Waals surface area contributed by atoms with E-state index in [1.807, 2.05) is 38.1 Å². The van der Waals surface area contributed by atoms with E-state index in [1.54, 1.807) is 24.3 Å². The molecule has 0 bridgehead atoms. The highest BCUT2D eigenvalue weighted by Gasteiger charge is 2.29. The summed E-state index contributed by atoms with van der Waals surface area (Å²) in [5.74, 6) is 0.826. The van der Waals surface area contributed by atoms with Crippen LogP contribution in [-0.2, 0) is 21.2 Å². The van der Waals surface area contributed by atoms with Crippen LogP contribution in [-0.4, -0.2) is 41.7 Å². The van der Waals surface area contributed by atoms with Crippen molar-refractivity contribution >= 4 is 21.6 Å². The maximum absolute atomic E-state index is 13.8. The lowest BCUT2D eigenvalue weighted by molar-refractivity contribution is -0.120. The second kappa shape index (κ2) is 12.5. The fraction of sp³-hybridized carbons (Fsp3) is 0.321. The Kier molecular flexibility index (Phi) is 9.41. The third kappa shape index (κ3) is 6.74. The average Bonchev–Trinajstić information content (AvgIpc) is 2.91. The Morgan fingerprint density at radius 2 is 1.57 bits per heavy atom. The Labute approximate surface area is 219 Å². The molecule has 3 aromatic rings. The Morgan fingerprint density at radius 3 is 2.14 bits per heavy atom. The molecule has 37 heavy (non-hydrogen) atoms. The van der Waals surface area contributed by atoms with E-state index in [4.69, 9.17) is 14.2 Å². The highest BCUT2D eigenvalue weighted by Crippen LogP contribution is 2.32. The molecule has 1 atom stereocenters. The van der Waals surface area contributed by atoms with Gasteiger partial charge in [0.25, 0.3) is 10.0 Å². The van der Waals surface area contributed by atoms with Gasteiger partial charge in [-0.05, 0) is 67.8 Å². The molecule has 198 valence electrons. The number of benzene rings is 3. The number of anilines is 1. The van der Waals surface area contributed by atoms with Gasteiger partial charge in [-0.1, -0.05) is 31.2 Å². The van der Waals surface area contributed by atoms with Crippen LogP contribution < -0.4 is 23.8 Å². The maximum Gasteiger partial charge on any atom is 0.264 e. The van der Waals surface area contributed by atoms with Gasteiger partial charge in [-0.25, -0.2) is 8.42 Å². The fourth-order valence-corrected chi connectivity index (χ4v) is 5.27.